The number of hydrogen-bond acceptors (Lipinski definition) is 4. The van der Waals surface area contributed by atoms with E-state index in [1.54, 1.807) is 0 Å². The molecule has 5 N–H and O–H groups in total. The number of hydrogen-bond donors (Lipinski definition) is 4. The van der Waals surface area contributed by atoms with Gasteiger partial charge < -0.3 is 21.7 Å². The van der Waals surface area contributed by atoms with Gasteiger partial charge in [0.15, 0.2) is 0 Å². The van der Waals surface area contributed by atoms with Gasteiger partial charge in [-0.3, -0.25) is 0 Å². The third-order valence-corrected chi connectivity index (χ3v) is 3.50. The molecule has 0 aliphatic carbocycles. The molecule has 0 rings (SSSR count). The van der Waals surface area contributed by atoms with Gasteiger partial charge in [-0.2, -0.15) is 0 Å². The van der Waals surface area contributed by atoms with E-state index in [0.29, 0.717) is 18.6 Å². The van der Waals surface area contributed by atoms with Gasteiger partial charge in [0, 0.05) is 43.8 Å². The fraction of sp³-hybridized carbons (Fsp3) is 1.00. The van der Waals surface area contributed by atoms with E-state index in [0.717, 1.165) is 32.0 Å². The summed E-state index contributed by atoms with van der Waals surface area (Å²) < 4.78 is 0. The van der Waals surface area contributed by atoms with E-state index in [2.05, 4.69) is 57.5 Å². The molecular weight excluding hydrogens is 248 g/mol. The van der Waals surface area contributed by atoms with Gasteiger partial charge in [0.2, 0.25) is 0 Å². The predicted molar refractivity (Wildman–Crippen MR) is 90.1 cm³/mol. The molecule has 0 aromatic carbocycles. The standard InChI is InChI=1S/C16H38N4/c1-13(2)11-14(3)19-9-10-20-16(5,6)12-15(4)18-8-7-17/h13-15,18-20H,7-12,17H2,1-6H3. The summed E-state index contributed by atoms with van der Waals surface area (Å²) in [7, 11) is 0. The van der Waals surface area contributed by atoms with Crippen molar-refractivity contribution >= 4 is 0 Å². The molecule has 0 saturated heterocycles. The summed E-state index contributed by atoms with van der Waals surface area (Å²) in [6.45, 7) is 17.2. The van der Waals surface area contributed by atoms with Crippen LogP contribution in [0.4, 0.5) is 0 Å². The molecule has 2 unspecified atom stereocenters. The van der Waals surface area contributed by atoms with Gasteiger partial charge in [-0.15, -0.1) is 0 Å². The molecule has 122 valence electrons. The quantitative estimate of drug-likeness (QED) is 0.413. The van der Waals surface area contributed by atoms with Crippen LogP contribution in [0.25, 0.3) is 0 Å². The Morgan fingerprint density at radius 2 is 1.50 bits per heavy atom. The number of nitrogens with two attached hydrogens (primary N) is 1. The van der Waals surface area contributed by atoms with Crippen molar-refractivity contribution in [3.63, 3.8) is 0 Å². The molecule has 0 saturated carbocycles. The molecule has 0 aliphatic heterocycles. The van der Waals surface area contributed by atoms with Crippen molar-refractivity contribution in [2.45, 2.75) is 72.0 Å². The molecule has 0 amide bonds. The van der Waals surface area contributed by atoms with Crippen LogP contribution in [-0.2, 0) is 0 Å². The summed E-state index contributed by atoms with van der Waals surface area (Å²) in [6.07, 6.45) is 2.35. The summed E-state index contributed by atoms with van der Waals surface area (Å²) in [5.74, 6) is 0.761. The van der Waals surface area contributed by atoms with Crippen LogP contribution in [0, 0.1) is 5.92 Å². The SMILES string of the molecule is CC(C)CC(C)NCCNC(C)(C)CC(C)NCCN. The molecule has 4 heteroatoms. The average Bonchev–Trinajstić information content (AvgIpc) is 2.30. The molecule has 4 nitrogen and oxygen atoms in total. The van der Waals surface area contributed by atoms with Crippen LogP contribution < -0.4 is 21.7 Å². The maximum Gasteiger partial charge on any atom is 0.0140 e. The summed E-state index contributed by atoms with van der Waals surface area (Å²) in [4.78, 5) is 0. The lowest BCUT2D eigenvalue weighted by atomic mass is 9.96. The average molecular weight is 287 g/mol. The fourth-order valence-corrected chi connectivity index (χ4v) is 2.75. The highest BCUT2D eigenvalue weighted by atomic mass is 15.0. The zero-order valence-electron chi connectivity index (χ0n) is 14.6. The summed E-state index contributed by atoms with van der Waals surface area (Å²) >= 11 is 0. The minimum atomic E-state index is 0.157. The van der Waals surface area contributed by atoms with Crippen molar-refractivity contribution in [2.75, 3.05) is 26.2 Å². The lowest BCUT2D eigenvalue weighted by molar-refractivity contribution is 0.314. The Hall–Kier alpha value is -0.160. The lowest BCUT2D eigenvalue weighted by Gasteiger charge is -2.30. The van der Waals surface area contributed by atoms with Crippen molar-refractivity contribution in [3.8, 4) is 0 Å². The number of nitrogens with one attached hydrogen (secondary N) is 3. The molecular formula is C16H38N4. The van der Waals surface area contributed by atoms with Gasteiger partial charge in [-0.05, 0) is 46.5 Å². The summed E-state index contributed by atoms with van der Waals surface area (Å²) in [5, 5.41) is 10.7. The smallest absolute Gasteiger partial charge is 0.0140 e. The molecule has 0 spiro atoms. The molecule has 0 aromatic heterocycles. The Kier molecular flexibility index (Phi) is 10.5. The zero-order chi connectivity index (χ0) is 15.6. The van der Waals surface area contributed by atoms with Gasteiger partial charge in [0.25, 0.3) is 0 Å². The Labute approximate surface area is 126 Å². The minimum Gasteiger partial charge on any atom is -0.329 e. The Balaban J connectivity index is 3.75. The van der Waals surface area contributed by atoms with E-state index in [4.69, 9.17) is 5.73 Å². The maximum absolute atomic E-state index is 5.52. The Morgan fingerprint density at radius 3 is 2.05 bits per heavy atom. The normalized spacial score (nSPS) is 15.6. The number of rotatable bonds is 12. The van der Waals surface area contributed by atoms with E-state index in [1.165, 1.54) is 6.42 Å². The molecule has 20 heavy (non-hydrogen) atoms. The molecule has 0 heterocycles. The van der Waals surface area contributed by atoms with Crippen LogP contribution in [0.3, 0.4) is 0 Å². The topological polar surface area (TPSA) is 62.1 Å². The van der Waals surface area contributed by atoms with Gasteiger partial charge in [-0.25, -0.2) is 0 Å². The highest BCUT2D eigenvalue weighted by Crippen LogP contribution is 2.11. The van der Waals surface area contributed by atoms with Gasteiger partial charge in [0.1, 0.15) is 0 Å². The van der Waals surface area contributed by atoms with Crippen LogP contribution in [0.1, 0.15) is 54.4 Å². The largest absolute Gasteiger partial charge is 0.329 e. The van der Waals surface area contributed by atoms with Crippen molar-refractivity contribution in [2.24, 2.45) is 11.7 Å². The van der Waals surface area contributed by atoms with Crippen molar-refractivity contribution in [1.82, 2.24) is 16.0 Å². The first-order valence-electron chi connectivity index (χ1n) is 8.18. The second-order valence-electron chi connectivity index (χ2n) is 7.14. The highest BCUT2D eigenvalue weighted by Gasteiger charge is 2.19. The molecule has 0 aliphatic rings. The molecule has 0 radical (unpaired) electrons. The Morgan fingerprint density at radius 1 is 0.900 bits per heavy atom. The van der Waals surface area contributed by atoms with E-state index in [-0.39, 0.29) is 5.54 Å². The zero-order valence-corrected chi connectivity index (χ0v) is 14.6. The molecule has 0 bridgehead atoms. The van der Waals surface area contributed by atoms with E-state index >= 15 is 0 Å². The van der Waals surface area contributed by atoms with Gasteiger partial charge in [-0.1, -0.05) is 13.8 Å². The van der Waals surface area contributed by atoms with Crippen LogP contribution in [0.15, 0.2) is 0 Å². The van der Waals surface area contributed by atoms with Crippen molar-refractivity contribution in [1.29, 1.82) is 0 Å². The predicted octanol–water partition coefficient (Wildman–Crippen LogP) is 1.71. The van der Waals surface area contributed by atoms with Crippen LogP contribution in [-0.4, -0.2) is 43.8 Å². The van der Waals surface area contributed by atoms with Gasteiger partial charge in [0.05, 0.1) is 0 Å². The summed E-state index contributed by atoms with van der Waals surface area (Å²) in [5.41, 5.74) is 5.67. The third kappa shape index (κ3) is 11.6. The van der Waals surface area contributed by atoms with E-state index in [9.17, 15) is 0 Å². The minimum absolute atomic E-state index is 0.157. The summed E-state index contributed by atoms with van der Waals surface area (Å²) in [6, 6.07) is 1.10. The first-order valence-corrected chi connectivity index (χ1v) is 8.18. The highest BCUT2D eigenvalue weighted by molar-refractivity contribution is 4.82. The first-order chi connectivity index (χ1) is 9.26. The second-order valence-corrected chi connectivity index (χ2v) is 7.14. The maximum atomic E-state index is 5.52. The van der Waals surface area contributed by atoms with Crippen LogP contribution in [0.5, 0.6) is 0 Å². The molecule has 0 aromatic rings. The van der Waals surface area contributed by atoms with Gasteiger partial charge >= 0.3 is 0 Å². The van der Waals surface area contributed by atoms with Crippen LogP contribution in [0.2, 0.25) is 0 Å². The monoisotopic (exact) mass is 286 g/mol. The van der Waals surface area contributed by atoms with Crippen molar-refractivity contribution < 1.29 is 0 Å². The molecule has 0 fully saturated rings. The second kappa shape index (κ2) is 10.6. The van der Waals surface area contributed by atoms with Crippen LogP contribution >= 0.6 is 0 Å². The Bertz CT molecular complexity index is 229. The first kappa shape index (κ1) is 19.8. The van der Waals surface area contributed by atoms with E-state index < -0.39 is 0 Å². The lowest BCUT2D eigenvalue weighted by Crippen LogP contribution is -2.48. The van der Waals surface area contributed by atoms with Crippen molar-refractivity contribution in [3.05, 3.63) is 0 Å². The fourth-order valence-electron chi connectivity index (χ4n) is 2.75. The molecule has 2 atom stereocenters. The third-order valence-electron chi connectivity index (χ3n) is 3.50. The van der Waals surface area contributed by atoms with E-state index in [1.807, 2.05) is 0 Å².